The third kappa shape index (κ3) is 5.50. The highest BCUT2D eigenvalue weighted by Crippen LogP contribution is 2.62. The van der Waals surface area contributed by atoms with E-state index in [1.54, 1.807) is 0 Å². The third-order valence-electron chi connectivity index (χ3n) is 3.94. The molecule has 2 N–H and O–H groups in total. The van der Waals surface area contributed by atoms with E-state index in [0.29, 0.717) is 10.7 Å². The molecular formula is C12H22Br6NO3P. The van der Waals surface area contributed by atoms with Gasteiger partial charge in [0.05, 0.1) is 6.04 Å². The number of halogens is 6. The van der Waals surface area contributed by atoms with Gasteiger partial charge in [-0.25, -0.2) is 9.24 Å². The highest BCUT2D eigenvalue weighted by Gasteiger charge is 2.61. The van der Waals surface area contributed by atoms with Crippen molar-refractivity contribution in [1.29, 1.82) is 0 Å². The predicted molar refractivity (Wildman–Crippen MR) is 120 cm³/mol. The van der Waals surface area contributed by atoms with Gasteiger partial charge in [-0.2, -0.15) is 0 Å². The van der Waals surface area contributed by atoms with E-state index < -0.39 is 20.3 Å². The van der Waals surface area contributed by atoms with Gasteiger partial charge in [-0.15, -0.1) is 0 Å². The van der Waals surface area contributed by atoms with Crippen molar-refractivity contribution in [2.45, 2.75) is 40.2 Å². The Kier molecular flexibility index (Phi) is 9.67. The molecule has 0 atom stereocenters. The lowest BCUT2D eigenvalue weighted by atomic mass is 9.80. The highest BCUT2D eigenvalue weighted by molar-refractivity contribution is 9.26. The minimum atomic E-state index is -4.48. The highest BCUT2D eigenvalue weighted by atomic mass is 79.9. The number of alkyl halides is 6. The van der Waals surface area contributed by atoms with Crippen LogP contribution in [0, 0.1) is 10.8 Å². The van der Waals surface area contributed by atoms with Crippen LogP contribution in [0.25, 0.3) is 0 Å². The van der Waals surface area contributed by atoms with Gasteiger partial charge in [0.2, 0.25) is 0 Å². The van der Waals surface area contributed by atoms with E-state index in [1.807, 2.05) is 27.7 Å². The monoisotopic (exact) mass is 733 g/mol. The van der Waals surface area contributed by atoms with Gasteiger partial charge in [-0.05, 0) is 7.05 Å². The Bertz CT molecular complexity index is 438. The summed E-state index contributed by atoms with van der Waals surface area (Å²) in [5, 5.41) is 1.24. The SMILES string of the molecule is CN(C(C(Br)(Br)C(C)(C)CBr)C(Br)(Br)C(C)(C)CBr)P(=O)(O)O. The fraction of sp³-hybridized carbons (Fsp3) is 1.00. The van der Waals surface area contributed by atoms with Crippen LogP contribution in [0.2, 0.25) is 0 Å². The molecule has 0 fully saturated rings. The molecule has 11 heteroatoms. The van der Waals surface area contributed by atoms with Gasteiger partial charge in [-0.1, -0.05) is 123 Å². The molecule has 0 bridgehead atoms. The molecule has 0 spiro atoms. The lowest BCUT2D eigenvalue weighted by Crippen LogP contribution is -2.62. The first-order valence-electron chi connectivity index (χ1n) is 6.56. The summed E-state index contributed by atoms with van der Waals surface area (Å²) in [6, 6.07) is -0.657. The molecule has 0 rings (SSSR count). The molecule has 0 aliphatic rings. The molecule has 0 aromatic heterocycles. The first-order chi connectivity index (χ1) is 9.90. The molecule has 23 heavy (non-hydrogen) atoms. The van der Waals surface area contributed by atoms with Gasteiger partial charge in [0, 0.05) is 21.5 Å². The van der Waals surface area contributed by atoms with E-state index in [1.165, 1.54) is 7.05 Å². The molecule has 0 aliphatic carbocycles. The average molecular weight is 739 g/mol. The number of hydrogen-bond donors (Lipinski definition) is 2. The fourth-order valence-electron chi connectivity index (χ4n) is 1.77. The zero-order chi connectivity index (χ0) is 19.1. The second kappa shape index (κ2) is 8.56. The summed E-state index contributed by atoms with van der Waals surface area (Å²) in [4.78, 5) is 19.6. The summed E-state index contributed by atoms with van der Waals surface area (Å²) < 4.78 is 11.5. The first kappa shape index (κ1) is 26.0. The summed E-state index contributed by atoms with van der Waals surface area (Å²) >= 11 is 21.8. The van der Waals surface area contributed by atoms with E-state index in [0.717, 1.165) is 4.67 Å². The number of hydrogen-bond acceptors (Lipinski definition) is 1. The lowest BCUT2D eigenvalue weighted by Gasteiger charge is -2.54. The summed E-state index contributed by atoms with van der Waals surface area (Å²) in [5.41, 5.74) is -0.757. The molecule has 0 saturated carbocycles. The molecule has 0 aliphatic heterocycles. The topological polar surface area (TPSA) is 60.8 Å². The number of rotatable bonds is 8. The lowest BCUT2D eigenvalue weighted by molar-refractivity contribution is 0.167. The van der Waals surface area contributed by atoms with Crippen LogP contribution >= 0.6 is 103 Å². The Balaban J connectivity index is 6.44. The standard InChI is InChI=1S/C12H22Br6NO3P/c1-9(2,6-13)11(15,16)8(19(5)23(20,21)22)12(17,18)10(3,4)7-14/h8H,6-7H2,1-5H3,(H2,20,21,22). The van der Waals surface area contributed by atoms with E-state index in [-0.39, 0.29) is 10.8 Å². The maximum atomic E-state index is 12.0. The van der Waals surface area contributed by atoms with Crippen LogP contribution in [0.5, 0.6) is 0 Å². The van der Waals surface area contributed by atoms with Crippen molar-refractivity contribution >= 4 is 103 Å². The first-order valence-corrected chi connectivity index (χ1v) is 13.5. The van der Waals surface area contributed by atoms with E-state index in [2.05, 4.69) is 95.6 Å². The maximum Gasteiger partial charge on any atom is 0.403 e. The zero-order valence-electron chi connectivity index (χ0n) is 13.5. The van der Waals surface area contributed by atoms with Gasteiger partial charge in [-0.3, -0.25) is 0 Å². The average Bonchev–Trinajstić information content (AvgIpc) is 2.36. The molecule has 0 aromatic rings. The molecular weight excluding hydrogens is 717 g/mol. The Labute approximate surface area is 189 Å². The summed E-state index contributed by atoms with van der Waals surface area (Å²) in [7, 11) is -3.06. The van der Waals surface area contributed by atoms with Crippen molar-refractivity contribution in [1.82, 2.24) is 4.67 Å². The molecule has 0 radical (unpaired) electrons. The smallest absolute Gasteiger partial charge is 0.312 e. The Morgan fingerprint density at radius 3 is 1.35 bits per heavy atom. The minimum Gasteiger partial charge on any atom is -0.312 e. The number of nitrogens with zero attached hydrogens (tertiary/aromatic N) is 1. The third-order valence-corrected chi connectivity index (χ3v) is 13.8. The van der Waals surface area contributed by atoms with Crippen molar-refractivity contribution in [3.8, 4) is 0 Å². The predicted octanol–water partition coefficient (Wildman–Crippen LogP) is 6.19. The van der Waals surface area contributed by atoms with Gasteiger partial charge < -0.3 is 9.79 Å². The quantitative estimate of drug-likeness (QED) is 0.231. The van der Waals surface area contributed by atoms with Gasteiger partial charge in [0.25, 0.3) is 0 Å². The van der Waals surface area contributed by atoms with Crippen molar-refractivity contribution in [3.05, 3.63) is 0 Å². The summed E-state index contributed by atoms with van der Waals surface area (Å²) in [6.07, 6.45) is 0. The molecule has 0 aromatic carbocycles. The Morgan fingerprint density at radius 2 is 1.17 bits per heavy atom. The normalized spacial score (nSPS) is 15.6. The van der Waals surface area contributed by atoms with Crippen LogP contribution in [0.4, 0.5) is 0 Å². The van der Waals surface area contributed by atoms with Gasteiger partial charge >= 0.3 is 7.75 Å². The van der Waals surface area contributed by atoms with Crippen LogP contribution < -0.4 is 0 Å². The van der Waals surface area contributed by atoms with Crippen molar-refractivity contribution in [2.75, 3.05) is 17.7 Å². The molecule has 4 nitrogen and oxygen atoms in total. The Hall–Kier alpha value is 2.99. The maximum absolute atomic E-state index is 12.0. The molecule has 0 amide bonds. The van der Waals surface area contributed by atoms with Crippen molar-refractivity contribution < 1.29 is 14.4 Å². The van der Waals surface area contributed by atoms with Gasteiger partial charge in [0.15, 0.2) is 0 Å². The van der Waals surface area contributed by atoms with Crippen LogP contribution in [0.15, 0.2) is 0 Å². The second-order valence-electron chi connectivity index (χ2n) is 6.77. The van der Waals surface area contributed by atoms with Gasteiger partial charge in [0.1, 0.15) is 6.47 Å². The van der Waals surface area contributed by atoms with Crippen molar-refractivity contribution in [2.24, 2.45) is 10.8 Å². The largest absolute Gasteiger partial charge is 0.403 e. The summed E-state index contributed by atoms with van der Waals surface area (Å²) in [5.74, 6) is 0. The van der Waals surface area contributed by atoms with E-state index in [9.17, 15) is 14.4 Å². The molecule has 0 heterocycles. The van der Waals surface area contributed by atoms with Crippen LogP contribution in [0.3, 0.4) is 0 Å². The van der Waals surface area contributed by atoms with Crippen LogP contribution in [-0.2, 0) is 4.57 Å². The summed E-state index contributed by atoms with van der Waals surface area (Å²) in [6.45, 7) is 8.01. The molecule has 0 saturated heterocycles. The van der Waals surface area contributed by atoms with Crippen molar-refractivity contribution in [3.63, 3.8) is 0 Å². The fourth-order valence-corrected chi connectivity index (χ4v) is 9.83. The van der Waals surface area contributed by atoms with E-state index >= 15 is 0 Å². The molecule has 0 unspecified atom stereocenters. The van der Waals surface area contributed by atoms with Crippen LogP contribution in [0.1, 0.15) is 27.7 Å². The molecule has 140 valence electrons. The van der Waals surface area contributed by atoms with E-state index in [4.69, 9.17) is 0 Å². The second-order valence-corrected chi connectivity index (χ2v) is 16.7. The minimum absolute atomic E-state index is 0.379. The van der Waals surface area contributed by atoms with Crippen LogP contribution in [-0.4, -0.2) is 44.7 Å². The zero-order valence-corrected chi connectivity index (χ0v) is 23.9. The Morgan fingerprint density at radius 1 is 0.913 bits per heavy atom.